The predicted molar refractivity (Wildman–Crippen MR) is 160 cm³/mol. The van der Waals surface area contributed by atoms with Crippen molar-refractivity contribution in [3.63, 3.8) is 0 Å². The fourth-order valence-electron chi connectivity index (χ4n) is 5.07. The molecular weight excluding hydrogens is 470 g/mol. The van der Waals surface area contributed by atoms with E-state index in [0.29, 0.717) is 11.4 Å². The molecule has 0 fully saturated rings. The highest BCUT2D eigenvalue weighted by atomic mass is 16.5. The Morgan fingerprint density at radius 2 is 1.58 bits per heavy atom. The molecule has 2 aromatic carbocycles. The summed E-state index contributed by atoms with van der Waals surface area (Å²) in [5.41, 5.74) is 7.44. The van der Waals surface area contributed by atoms with Crippen LogP contribution >= 0.6 is 0 Å². The van der Waals surface area contributed by atoms with Crippen LogP contribution in [-0.4, -0.2) is 16.8 Å². The van der Waals surface area contributed by atoms with Crippen molar-refractivity contribution in [1.29, 1.82) is 0 Å². The quantitative estimate of drug-likeness (QED) is 0.303. The van der Waals surface area contributed by atoms with E-state index < -0.39 is 6.09 Å². The largest absolute Gasteiger partial charge is 0.487 e. The molecule has 0 saturated heterocycles. The molecule has 2 aromatic rings. The second kappa shape index (κ2) is 13.5. The van der Waals surface area contributed by atoms with Crippen LogP contribution in [0.5, 0.6) is 5.75 Å². The predicted octanol–water partition coefficient (Wildman–Crippen LogP) is 10.1. The SMILES string of the molecule is CC(C)=CCC/C(C)=C/CC/C(C)=C/CC[C@]1(C)CCc2cc(N(C(=O)O)c3ccccc3)cc(C)c2O1. The lowest BCUT2D eigenvalue weighted by Crippen LogP contribution is -2.36. The monoisotopic (exact) mass is 515 g/mol. The van der Waals surface area contributed by atoms with Gasteiger partial charge in [0.1, 0.15) is 11.4 Å². The molecule has 0 bridgehead atoms. The van der Waals surface area contributed by atoms with E-state index in [2.05, 4.69) is 52.8 Å². The van der Waals surface area contributed by atoms with Crippen molar-refractivity contribution in [3.8, 4) is 5.75 Å². The number of ether oxygens (including phenoxy) is 1. The summed E-state index contributed by atoms with van der Waals surface area (Å²) in [4.78, 5) is 13.4. The number of para-hydroxylation sites is 1. The second-order valence-corrected chi connectivity index (χ2v) is 11.3. The number of amides is 1. The first-order chi connectivity index (χ1) is 18.1. The Bertz CT molecular complexity index is 1190. The number of allylic oxidation sites excluding steroid dienone is 6. The molecule has 0 unspecified atom stereocenters. The lowest BCUT2D eigenvalue weighted by Gasteiger charge is -2.37. The van der Waals surface area contributed by atoms with Crippen molar-refractivity contribution < 1.29 is 14.6 Å². The average Bonchev–Trinajstić information content (AvgIpc) is 2.85. The molecule has 0 aliphatic carbocycles. The number of hydrogen-bond acceptors (Lipinski definition) is 2. The summed E-state index contributed by atoms with van der Waals surface area (Å²) in [5, 5.41) is 9.92. The first kappa shape index (κ1) is 29.3. The zero-order valence-electron chi connectivity index (χ0n) is 24.1. The van der Waals surface area contributed by atoms with E-state index in [9.17, 15) is 9.90 Å². The molecule has 0 aromatic heterocycles. The van der Waals surface area contributed by atoms with Gasteiger partial charge in [-0.3, -0.25) is 0 Å². The third-order valence-corrected chi connectivity index (χ3v) is 7.36. The van der Waals surface area contributed by atoms with E-state index in [1.54, 1.807) is 0 Å². The number of carboxylic acid groups (broad SMARTS) is 1. The molecule has 4 heteroatoms. The number of nitrogens with zero attached hydrogens (tertiary/aromatic N) is 1. The fraction of sp³-hybridized carbons (Fsp3) is 0.441. The smallest absolute Gasteiger partial charge is 0.416 e. The van der Waals surface area contributed by atoms with Crippen LogP contribution in [0.4, 0.5) is 16.2 Å². The minimum atomic E-state index is -0.992. The number of fused-ring (bicyclic) bond motifs is 1. The lowest BCUT2D eigenvalue weighted by atomic mass is 9.87. The molecule has 3 rings (SSSR count). The van der Waals surface area contributed by atoms with Gasteiger partial charge in [0.2, 0.25) is 0 Å². The maximum absolute atomic E-state index is 12.1. The molecule has 4 nitrogen and oxygen atoms in total. The van der Waals surface area contributed by atoms with Crippen LogP contribution in [0.1, 0.15) is 90.7 Å². The van der Waals surface area contributed by atoms with E-state index in [4.69, 9.17) is 4.74 Å². The zero-order valence-corrected chi connectivity index (χ0v) is 24.1. The Morgan fingerprint density at radius 1 is 0.947 bits per heavy atom. The van der Waals surface area contributed by atoms with Gasteiger partial charge in [0.25, 0.3) is 0 Å². The minimum absolute atomic E-state index is 0.219. The molecule has 0 radical (unpaired) electrons. The normalized spacial score (nSPS) is 17.4. The second-order valence-electron chi connectivity index (χ2n) is 11.3. The van der Waals surface area contributed by atoms with Crippen LogP contribution in [0.2, 0.25) is 0 Å². The topological polar surface area (TPSA) is 49.8 Å². The molecule has 1 heterocycles. The van der Waals surface area contributed by atoms with E-state index >= 15 is 0 Å². The van der Waals surface area contributed by atoms with Gasteiger partial charge in [-0.2, -0.15) is 0 Å². The summed E-state index contributed by atoms with van der Waals surface area (Å²) in [5.74, 6) is 0.912. The van der Waals surface area contributed by atoms with Crippen LogP contribution < -0.4 is 9.64 Å². The standard InChI is InChI=1S/C34H45NO3/c1-25(2)13-10-14-26(3)15-11-16-27(4)17-12-21-34(6)22-20-29-24-31(23-28(5)32(29)38-34)35(33(36)37)30-18-8-7-9-19-30/h7-9,13,15,17-19,23-24H,10-12,14,16,20-22H2,1-6H3,(H,36,37)/b26-15+,27-17+/t34-/m1/s1. The molecule has 38 heavy (non-hydrogen) atoms. The lowest BCUT2D eigenvalue weighted by molar-refractivity contribution is 0.0563. The number of aryl methyl sites for hydroxylation is 2. The van der Waals surface area contributed by atoms with Gasteiger partial charge in [-0.25, -0.2) is 9.69 Å². The van der Waals surface area contributed by atoms with Gasteiger partial charge < -0.3 is 9.84 Å². The van der Waals surface area contributed by atoms with Gasteiger partial charge in [-0.1, -0.05) is 53.1 Å². The maximum atomic E-state index is 12.1. The van der Waals surface area contributed by atoms with Crippen molar-refractivity contribution in [2.24, 2.45) is 0 Å². The molecule has 1 aliphatic rings. The summed E-state index contributed by atoms with van der Waals surface area (Å²) in [7, 11) is 0. The van der Waals surface area contributed by atoms with Crippen molar-refractivity contribution in [2.45, 2.75) is 98.5 Å². The van der Waals surface area contributed by atoms with Crippen LogP contribution in [0.15, 0.2) is 77.4 Å². The summed E-state index contributed by atoms with van der Waals surface area (Å²) in [6.07, 6.45) is 14.3. The third kappa shape index (κ3) is 8.37. The van der Waals surface area contributed by atoms with Gasteiger partial charge in [0.05, 0.1) is 11.4 Å². The first-order valence-corrected chi connectivity index (χ1v) is 13.9. The van der Waals surface area contributed by atoms with Crippen molar-refractivity contribution in [3.05, 3.63) is 88.5 Å². The van der Waals surface area contributed by atoms with Crippen molar-refractivity contribution in [1.82, 2.24) is 0 Å². The number of carbonyl (C=O) groups is 1. The number of anilines is 2. The molecule has 1 amide bonds. The maximum Gasteiger partial charge on any atom is 0.416 e. The average molecular weight is 516 g/mol. The molecule has 1 N–H and O–H groups in total. The fourth-order valence-corrected chi connectivity index (χ4v) is 5.07. The number of rotatable bonds is 11. The Kier molecular flexibility index (Phi) is 10.4. The summed E-state index contributed by atoms with van der Waals surface area (Å²) < 4.78 is 6.59. The van der Waals surface area contributed by atoms with Gasteiger partial charge >= 0.3 is 6.09 Å². The molecule has 0 spiro atoms. The molecule has 204 valence electrons. The summed E-state index contributed by atoms with van der Waals surface area (Å²) >= 11 is 0. The van der Waals surface area contributed by atoms with E-state index in [0.717, 1.165) is 68.2 Å². The van der Waals surface area contributed by atoms with Gasteiger partial charge in [0, 0.05) is 0 Å². The molecule has 0 saturated carbocycles. The van der Waals surface area contributed by atoms with E-state index in [-0.39, 0.29) is 5.60 Å². The van der Waals surface area contributed by atoms with Crippen molar-refractivity contribution in [2.75, 3.05) is 4.90 Å². The summed E-state index contributed by atoms with van der Waals surface area (Å²) in [6, 6.07) is 13.1. The zero-order chi connectivity index (χ0) is 27.7. The highest BCUT2D eigenvalue weighted by molar-refractivity contribution is 5.95. The van der Waals surface area contributed by atoms with E-state index in [1.165, 1.54) is 21.6 Å². The molecule has 1 aliphatic heterocycles. The minimum Gasteiger partial charge on any atom is -0.487 e. The number of benzene rings is 2. The van der Waals surface area contributed by atoms with Gasteiger partial charge in [-0.15, -0.1) is 0 Å². The third-order valence-electron chi connectivity index (χ3n) is 7.36. The number of hydrogen-bond donors (Lipinski definition) is 1. The van der Waals surface area contributed by atoms with Gasteiger partial charge in [-0.05, 0) is 128 Å². The van der Waals surface area contributed by atoms with E-state index in [1.807, 2.05) is 49.4 Å². The van der Waals surface area contributed by atoms with Crippen LogP contribution in [0, 0.1) is 6.92 Å². The van der Waals surface area contributed by atoms with Crippen LogP contribution in [-0.2, 0) is 6.42 Å². The summed E-state index contributed by atoms with van der Waals surface area (Å²) in [6.45, 7) is 13.0. The highest BCUT2D eigenvalue weighted by Gasteiger charge is 2.32. The Labute approximate surface area is 229 Å². The van der Waals surface area contributed by atoms with Crippen LogP contribution in [0.3, 0.4) is 0 Å². The molecular formula is C34H45NO3. The Balaban J connectivity index is 1.59. The Hall–Kier alpha value is -3.27. The highest BCUT2D eigenvalue weighted by Crippen LogP contribution is 2.41. The first-order valence-electron chi connectivity index (χ1n) is 13.9. The van der Waals surface area contributed by atoms with Crippen molar-refractivity contribution >= 4 is 17.5 Å². The Morgan fingerprint density at radius 3 is 2.21 bits per heavy atom. The van der Waals surface area contributed by atoms with Gasteiger partial charge in [0.15, 0.2) is 0 Å². The van der Waals surface area contributed by atoms with Crippen LogP contribution in [0.25, 0.3) is 0 Å². The molecule has 1 atom stereocenters.